The molecule has 6 heteroatoms. The highest BCUT2D eigenvalue weighted by molar-refractivity contribution is 7.11. The van der Waals surface area contributed by atoms with E-state index in [0.717, 1.165) is 15.6 Å². The van der Waals surface area contributed by atoms with E-state index in [1.165, 1.54) is 0 Å². The Morgan fingerprint density at radius 2 is 2.00 bits per heavy atom. The van der Waals surface area contributed by atoms with Crippen LogP contribution >= 0.6 is 11.3 Å². The monoisotopic (exact) mass is 267 g/mol. The van der Waals surface area contributed by atoms with Gasteiger partial charge in [-0.15, -0.1) is 11.3 Å². The van der Waals surface area contributed by atoms with Crippen LogP contribution in [0, 0.1) is 13.8 Å². The summed E-state index contributed by atoms with van der Waals surface area (Å²) in [6.07, 6.45) is 0. The van der Waals surface area contributed by atoms with Crippen LogP contribution in [0.3, 0.4) is 0 Å². The van der Waals surface area contributed by atoms with E-state index in [2.05, 4.69) is 10.1 Å². The molecule has 0 aliphatic rings. The van der Waals surface area contributed by atoms with Crippen molar-refractivity contribution in [1.29, 1.82) is 0 Å². The molecule has 0 spiro atoms. The largest absolute Gasteiger partial charge is 0.441 e. The summed E-state index contributed by atoms with van der Waals surface area (Å²) in [6, 6.07) is 0. The molecule has 0 atom stereocenters. The molecule has 0 fully saturated rings. The van der Waals surface area contributed by atoms with Crippen LogP contribution in [0.15, 0.2) is 9.32 Å². The lowest BCUT2D eigenvalue weighted by molar-refractivity contribution is 0.367. The normalized spacial score (nSPS) is 12.1. The van der Waals surface area contributed by atoms with Gasteiger partial charge in [-0.3, -0.25) is 9.09 Å². The maximum atomic E-state index is 11.7. The summed E-state index contributed by atoms with van der Waals surface area (Å²) in [5.74, 6) is 0.253. The molecule has 18 heavy (non-hydrogen) atoms. The van der Waals surface area contributed by atoms with Crippen molar-refractivity contribution in [1.82, 2.24) is 14.7 Å². The number of aryl methyl sites for hydroxylation is 2. The summed E-state index contributed by atoms with van der Waals surface area (Å²) in [6.45, 7) is 10.4. The zero-order valence-corrected chi connectivity index (χ0v) is 12.1. The second-order valence-corrected chi connectivity index (χ2v) is 6.64. The smallest absolute Gasteiger partial charge is 0.296 e. The highest BCUT2D eigenvalue weighted by atomic mass is 32.1. The zero-order valence-electron chi connectivity index (χ0n) is 11.3. The molecule has 0 radical (unpaired) electrons. The lowest BCUT2D eigenvalue weighted by Gasteiger charge is -2.16. The first-order chi connectivity index (χ1) is 8.29. The lowest BCUT2D eigenvalue weighted by atomic mass is 9.96. The Morgan fingerprint density at radius 1 is 1.33 bits per heavy atom. The Bertz CT molecular complexity index is 616. The van der Waals surface area contributed by atoms with Gasteiger partial charge in [0, 0.05) is 10.3 Å². The topological polar surface area (TPSA) is 60.9 Å². The van der Waals surface area contributed by atoms with E-state index in [1.54, 1.807) is 15.9 Å². The molecule has 0 amide bonds. The maximum Gasteiger partial charge on any atom is 0.441 e. The first kappa shape index (κ1) is 13.0. The van der Waals surface area contributed by atoms with E-state index < -0.39 is 5.76 Å². The fourth-order valence-electron chi connectivity index (χ4n) is 1.81. The summed E-state index contributed by atoms with van der Waals surface area (Å²) >= 11 is 1.60. The van der Waals surface area contributed by atoms with Gasteiger partial charge in [0.2, 0.25) is 0 Å². The van der Waals surface area contributed by atoms with E-state index >= 15 is 0 Å². The summed E-state index contributed by atoms with van der Waals surface area (Å²) < 4.78 is 6.37. The molecule has 0 bridgehead atoms. The Labute approximate surface area is 109 Å². The third-order valence-corrected chi connectivity index (χ3v) is 3.72. The van der Waals surface area contributed by atoms with Crippen LogP contribution in [0.4, 0.5) is 0 Å². The van der Waals surface area contributed by atoms with E-state index in [0.29, 0.717) is 12.4 Å². The van der Waals surface area contributed by atoms with Crippen LogP contribution in [-0.2, 0) is 12.0 Å². The molecular weight excluding hydrogens is 250 g/mol. The minimum Gasteiger partial charge on any atom is -0.296 e. The number of thiazole rings is 1. The summed E-state index contributed by atoms with van der Waals surface area (Å²) in [5, 5.41) is 4.88. The van der Waals surface area contributed by atoms with Gasteiger partial charge in [-0.1, -0.05) is 25.9 Å². The zero-order chi connectivity index (χ0) is 13.5. The number of rotatable bonds is 2. The molecule has 0 N–H and O–H groups in total. The van der Waals surface area contributed by atoms with Gasteiger partial charge < -0.3 is 0 Å². The fourth-order valence-corrected chi connectivity index (χ4v) is 2.74. The van der Waals surface area contributed by atoms with Gasteiger partial charge in [0.15, 0.2) is 5.82 Å². The van der Waals surface area contributed by atoms with Crippen molar-refractivity contribution < 1.29 is 4.52 Å². The molecule has 98 valence electrons. The van der Waals surface area contributed by atoms with E-state index in [1.807, 2.05) is 34.6 Å². The number of hydrogen-bond acceptors (Lipinski definition) is 5. The van der Waals surface area contributed by atoms with E-state index in [9.17, 15) is 4.79 Å². The quantitative estimate of drug-likeness (QED) is 0.837. The average Bonchev–Trinajstić information content (AvgIpc) is 2.72. The molecule has 2 heterocycles. The molecule has 0 saturated heterocycles. The van der Waals surface area contributed by atoms with Gasteiger partial charge in [-0.05, 0) is 13.8 Å². The lowest BCUT2D eigenvalue weighted by Crippen LogP contribution is -2.25. The van der Waals surface area contributed by atoms with Crippen LogP contribution in [0.1, 0.15) is 42.2 Å². The van der Waals surface area contributed by atoms with Crippen molar-refractivity contribution in [3.8, 4) is 0 Å². The van der Waals surface area contributed by atoms with Crippen LogP contribution in [0.5, 0.6) is 0 Å². The van der Waals surface area contributed by atoms with Gasteiger partial charge in [-0.2, -0.15) is 0 Å². The van der Waals surface area contributed by atoms with Crippen molar-refractivity contribution >= 4 is 11.3 Å². The molecule has 0 aliphatic carbocycles. The SMILES string of the molecule is Cc1nc(C)c(Cn2c(C(C)(C)C)noc2=O)s1. The summed E-state index contributed by atoms with van der Waals surface area (Å²) in [7, 11) is 0. The van der Waals surface area contributed by atoms with Crippen molar-refractivity contribution in [3.63, 3.8) is 0 Å². The molecule has 5 nitrogen and oxygen atoms in total. The van der Waals surface area contributed by atoms with Crippen molar-refractivity contribution in [3.05, 3.63) is 32.0 Å². The Morgan fingerprint density at radius 3 is 2.50 bits per heavy atom. The number of hydrogen-bond donors (Lipinski definition) is 0. The van der Waals surface area contributed by atoms with Crippen molar-refractivity contribution in [2.24, 2.45) is 0 Å². The molecule has 2 aromatic heterocycles. The van der Waals surface area contributed by atoms with Gasteiger partial charge in [-0.25, -0.2) is 9.78 Å². The predicted octanol–water partition coefficient (Wildman–Crippen LogP) is 2.26. The van der Waals surface area contributed by atoms with Crippen molar-refractivity contribution in [2.75, 3.05) is 0 Å². The molecule has 2 rings (SSSR count). The second-order valence-electron chi connectivity index (χ2n) is 5.35. The Balaban J connectivity index is 2.44. The Kier molecular flexibility index (Phi) is 3.14. The van der Waals surface area contributed by atoms with Gasteiger partial charge in [0.05, 0.1) is 17.2 Å². The van der Waals surface area contributed by atoms with Crippen LogP contribution in [-0.4, -0.2) is 14.7 Å². The van der Waals surface area contributed by atoms with Gasteiger partial charge >= 0.3 is 5.76 Å². The molecule has 0 aliphatic heterocycles. The van der Waals surface area contributed by atoms with Gasteiger partial charge in [0.25, 0.3) is 0 Å². The highest BCUT2D eigenvalue weighted by Crippen LogP contribution is 2.22. The predicted molar refractivity (Wildman–Crippen MR) is 70.2 cm³/mol. The first-order valence-corrected chi connectivity index (χ1v) is 6.60. The summed E-state index contributed by atoms with van der Waals surface area (Å²) in [5.41, 5.74) is 0.741. The molecular formula is C12H17N3O2S. The summed E-state index contributed by atoms with van der Waals surface area (Å²) in [4.78, 5) is 17.2. The van der Waals surface area contributed by atoms with Crippen LogP contribution in [0.2, 0.25) is 0 Å². The van der Waals surface area contributed by atoms with Crippen LogP contribution < -0.4 is 5.76 Å². The average molecular weight is 267 g/mol. The maximum absolute atomic E-state index is 11.7. The number of aromatic nitrogens is 3. The fraction of sp³-hybridized carbons (Fsp3) is 0.583. The molecule has 0 saturated carbocycles. The third-order valence-electron chi connectivity index (χ3n) is 2.66. The van der Waals surface area contributed by atoms with E-state index in [-0.39, 0.29) is 5.41 Å². The number of nitrogens with zero attached hydrogens (tertiary/aromatic N) is 3. The first-order valence-electron chi connectivity index (χ1n) is 5.79. The third kappa shape index (κ3) is 2.38. The van der Waals surface area contributed by atoms with Crippen molar-refractivity contribution in [2.45, 2.75) is 46.6 Å². The minimum absolute atomic E-state index is 0.222. The standard InChI is InChI=1S/C12H17N3O2S/c1-7-9(18-8(2)13-7)6-15-10(12(3,4)5)14-17-11(15)16/h6H2,1-5H3. The highest BCUT2D eigenvalue weighted by Gasteiger charge is 2.24. The van der Waals surface area contributed by atoms with Crippen LogP contribution in [0.25, 0.3) is 0 Å². The molecule has 0 unspecified atom stereocenters. The second kappa shape index (κ2) is 4.35. The Hall–Kier alpha value is -1.43. The van der Waals surface area contributed by atoms with E-state index in [4.69, 9.17) is 4.52 Å². The molecule has 2 aromatic rings. The molecule has 0 aromatic carbocycles. The minimum atomic E-state index is -0.412. The van der Waals surface area contributed by atoms with Gasteiger partial charge in [0.1, 0.15) is 0 Å².